The summed E-state index contributed by atoms with van der Waals surface area (Å²) in [7, 11) is 1.65. The highest BCUT2D eigenvalue weighted by molar-refractivity contribution is 8.04. The van der Waals surface area contributed by atoms with Gasteiger partial charge in [0.25, 0.3) is 5.91 Å². The van der Waals surface area contributed by atoms with Gasteiger partial charge in [0.2, 0.25) is 0 Å². The van der Waals surface area contributed by atoms with E-state index in [1.54, 1.807) is 7.11 Å². The number of fused-ring (bicyclic) bond motifs is 1. The topological polar surface area (TPSA) is 38.3 Å². The molecule has 1 amide bonds. The van der Waals surface area contributed by atoms with Gasteiger partial charge in [-0.05, 0) is 42.3 Å². The van der Waals surface area contributed by atoms with Gasteiger partial charge in [-0.3, -0.25) is 4.79 Å². The van der Waals surface area contributed by atoms with Crippen molar-refractivity contribution in [3.8, 4) is 5.75 Å². The van der Waals surface area contributed by atoms with Crippen molar-refractivity contribution in [3.05, 3.63) is 58.5 Å². The molecule has 3 rings (SSSR count). The van der Waals surface area contributed by atoms with Gasteiger partial charge in [0.1, 0.15) is 5.75 Å². The van der Waals surface area contributed by atoms with Crippen molar-refractivity contribution in [2.24, 2.45) is 0 Å². The summed E-state index contributed by atoms with van der Waals surface area (Å²) in [4.78, 5) is 13.9. The summed E-state index contributed by atoms with van der Waals surface area (Å²) in [5, 5.41) is 2.91. The molecule has 0 unspecified atom stereocenters. The smallest absolute Gasteiger partial charge is 0.262 e. The number of nitrogens with one attached hydrogen (secondary N) is 1. The summed E-state index contributed by atoms with van der Waals surface area (Å²) in [6, 6.07) is 13.7. The Hall–Kier alpha value is -2.20. The van der Waals surface area contributed by atoms with Crippen LogP contribution in [0, 0.1) is 6.92 Å². The van der Waals surface area contributed by atoms with Crippen LogP contribution in [-0.4, -0.2) is 13.0 Å². The Morgan fingerprint density at radius 2 is 2.00 bits per heavy atom. The van der Waals surface area contributed by atoms with Crippen LogP contribution in [0.15, 0.2) is 52.3 Å². The van der Waals surface area contributed by atoms with Crippen molar-refractivity contribution in [3.63, 3.8) is 0 Å². The van der Waals surface area contributed by atoms with E-state index in [4.69, 9.17) is 4.74 Å². The molecule has 0 aromatic heterocycles. The summed E-state index contributed by atoms with van der Waals surface area (Å²) in [5.41, 5.74) is 2.89. The lowest BCUT2D eigenvalue weighted by Crippen LogP contribution is -2.17. The minimum Gasteiger partial charge on any atom is -0.496 e. The van der Waals surface area contributed by atoms with Gasteiger partial charge in [0.15, 0.2) is 0 Å². The zero-order chi connectivity index (χ0) is 14.8. The molecule has 2 aromatic carbocycles. The van der Waals surface area contributed by atoms with Crippen molar-refractivity contribution in [2.75, 3.05) is 12.4 Å². The van der Waals surface area contributed by atoms with E-state index in [1.165, 1.54) is 11.8 Å². The lowest BCUT2D eigenvalue weighted by atomic mass is 10.1. The van der Waals surface area contributed by atoms with Crippen LogP contribution in [0.3, 0.4) is 0 Å². The molecule has 0 fully saturated rings. The molecular weight excluding hydrogens is 282 g/mol. The molecule has 0 saturated heterocycles. The Balaban J connectivity index is 1.95. The highest BCUT2D eigenvalue weighted by Crippen LogP contribution is 2.38. The summed E-state index contributed by atoms with van der Waals surface area (Å²) in [5.74, 6) is 0.754. The molecule has 0 bridgehead atoms. The Bertz CT molecular complexity index is 737. The molecule has 4 heteroatoms. The average Bonchev–Trinajstić information content (AvgIpc) is 2.50. The quantitative estimate of drug-likeness (QED) is 0.849. The Morgan fingerprint density at radius 3 is 2.81 bits per heavy atom. The molecular formula is C17H15NO2S. The average molecular weight is 297 g/mol. The molecule has 1 aliphatic rings. The number of aryl methyl sites for hydroxylation is 1. The minimum atomic E-state index is -0.0711. The molecule has 1 aliphatic heterocycles. The molecule has 0 spiro atoms. The van der Waals surface area contributed by atoms with Crippen LogP contribution in [0.4, 0.5) is 5.69 Å². The molecule has 106 valence electrons. The van der Waals surface area contributed by atoms with Crippen molar-refractivity contribution in [1.29, 1.82) is 0 Å². The van der Waals surface area contributed by atoms with Crippen LogP contribution >= 0.6 is 11.8 Å². The number of benzene rings is 2. The molecule has 0 atom stereocenters. The van der Waals surface area contributed by atoms with Crippen molar-refractivity contribution in [2.45, 2.75) is 11.8 Å². The van der Waals surface area contributed by atoms with E-state index in [-0.39, 0.29) is 5.91 Å². The fraction of sp³-hybridized carbons (Fsp3) is 0.118. The largest absolute Gasteiger partial charge is 0.496 e. The van der Waals surface area contributed by atoms with E-state index in [0.29, 0.717) is 4.91 Å². The maximum Gasteiger partial charge on any atom is 0.262 e. The van der Waals surface area contributed by atoms with Crippen LogP contribution in [0.5, 0.6) is 5.75 Å². The lowest BCUT2D eigenvalue weighted by molar-refractivity contribution is -0.112. The van der Waals surface area contributed by atoms with Crippen LogP contribution < -0.4 is 10.1 Å². The first-order valence-corrected chi connectivity index (χ1v) is 7.43. The maximum atomic E-state index is 12.2. The number of amides is 1. The van der Waals surface area contributed by atoms with E-state index in [2.05, 4.69) is 5.32 Å². The predicted octanol–water partition coefficient (Wildman–Crippen LogP) is 4.09. The van der Waals surface area contributed by atoms with E-state index in [9.17, 15) is 4.79 Å². The van der Waals surface area contributed by atoms with E-state index in [1.807, 2.05) is 55.5 Å². The van der Waals surface area contributed by atoms with Gasteiger partial charge in [-0.25, -0.2) is 0 Å². The lowest BCUT2D eigenvalue weighted by Gasteiger charge is -2.18. The first-order chi connectivity index (χ1) is 10.2. The van der Waals surface area contributed by atoms with Crippen LogP contribution in [0.25, 0.3) is 6.08 Å². The van der Waals surface area contributed by atoms with Crippen LogP contribution in [-0.2, 0) is 4.79 Å². The summed E-state index contributed by atoms with van der Waals surface area (Å²) in [6.07, 6.45) is 1.89. The third-order valence-electron chi connectivity index (χ3n) is 3.31. The van der Waals surface area contributed by atoms with E-state index >= 15 is 0 Å². The monoisotopic (exact) mass is 297 g/mol. The Kier molecular flexibility index (Phi) is 3.71. The minimum absolute atomic E-state index is 0.0711. The van der Waals surface area contributed by atoms with E-state index < -0.39 is 0 Å². The van der Waals surface area contributed by atoms with Gasteiger partial charge in [0, 0.05) is 4.90 Å². The number of thioether (sulfide) groups is 1. The third-order valence-corrected chi connectivity index (χ3v) is 4.41. The molecule has 3 nitrogen and oxygen atoms in total. The SMILES string of the molecule is COc1cc(/C=C2\Sc3ccccc3NC2=O)ccc1C. The number of rotatable bonds is 2. The zero-order valence-electron chi connectivity index (χ0n) is 11.8. The number of carbonyl (C=O) groups is 1. The summed E-state index contributed by atoms with van der Waals surface area (Å²) < 4.78 is 5.32. The van der Waals surface area contributed by atoms with Crippen molar-refractivity contribution >= 4 is 29.4 Å². The van der Waals surface area contributed by atoms with Crippen LogP contribution in [0.2, 0.25) is 0 Å². The molecule has 0 saturated carbocycles. The van der Waals surface area contributed by atoms with Gasteiger partial charge in [-0.15, -0.1) is 0 Å². The first-order valence-electron chi connectivity index (χ1n) is 6.62. The number of hydrogen-bond acceptors (Lipinski definition) is 3. The number of methoxy groups -OCH3 is 1. The number of para-hydroxylation sites is 1. The normalized spacial score (nSPS) is 15.5. The second kappa shape index (κ2) is 5.66. The van der Waals surface area contributed by atoms with E-state index in [0.717, 1.165) is 27.5 Å². The van der Waals surface area contributed by atoms with Gasteiger partial charge >= 0.3 is 0 Å². The molecule has 1 heterocycles. The zero-order valence-corrected chi connectivity index (χ0v) is 12.7. The molecule has 0 aliphatic carbocycles. The second-order valence-electron chi connectivity index (χ2n) is 4.79. The Labute approximate surface area is 128 Å². The van der Waals surface area contributed by atoms with Gasteiger partial charge in [0.05, 0.1) is 17.7 Å². The summed E-state index contributed by atoms with van der Waals surface area (Å²) in [6.45, 7) is 1.99. The second-order valence-corrected chi connectivity index (χ2v) is 5.87. The van der Waals surface area contributed by atoms with Gasteiger partial charge in [-0.2, -0.15) is 0 Å². The van der Waals surface area contributed by atoms with Gasteiger partial charge in [-0.1, -0.05) is 36.0 Å². The number of anilines is 1. The number of hydrogen-bond donors (Lipinski definition) is 1. The molecule has 0 radical (unpaired) electrons. The van der Waals surface area contributed by atoms with Gasteiger partial charge < -0.3 is 10.1 Å². The fourth-order valence-electron chi connectivity index (χ4n) is 2.18. The number of carbonyl (C=O) groups excluding carboxylic acids is 1. The maximum absolute atomic E-state index is 12.2. The number of ether oxygens (including phenoxy) is 1. The summed E-state index contributed by atoms with van der Waals surface area (Å²) >= 11 is 1.49. The third kappa shape index (κ3) is 2.81. The fourth-order valence-corrected chi connectivity index (χ4v) is 3.13. The van der Waals surface area contributed by atoms with Crippen molar-refractivity contribution < 1.29 is 9.53 Å². The first kappa shape index (κ1) is 13.8. The van der Waals surface area contributed by atoms with Crippen molar-refractivity contribution in [1.82, 2.24) is 0 Å². The predicted molar refractivity (Wildman–Crippen MR) is 86.6 cm³/mol. The molecule has 21 heavy (non-hydrogen) atoms. The standard InChI is InChI=1S/C17H15NO2S/c1-11-7-8-12(9-14(11)20-2)10-16-17(19)18-13-5-3-4-6-15(13)21-16/h3-10H,1-2H3,(H,18,19)/b16-10-. The highest BCUT2D eigenvalue weighted by atomic mass is 32.2. The molecule has 1 N–H and O–H groups in total. The highest BCUT2D eigenvalue weighted by Gasteiger charge is 2.20. The van der Waals surface area contributed by atoms with Crippen LogP contribution in [0.1, 0.15) is 11.1 Å². The molecule has 2 aromatic rings. The Morgan fingerprint density at radius 1 is 1.19 bits per heavy atom.